The molecule has 0 spiro atoms. The van der Waals surface area contributed by atoms with Crippen molar-refractivity contribution in [3.8, 4) is 0 Å². The maximum Gasteiger partial charge on any atom is 0.319 e. The lowest BCUT2D eigenvalue weighted by atomic mass is 10.2. The molecule has 0 bridgehead atoms. The van der Waals surface area contributed by atoms with Crippen LogP contribution in [-0.2, 0) is 22.6 Å². The number of hydrogen-bond acceptors (Lipinski definition) is 3. The Morgan fingerprint density at radius 2 is 2.00 bits per heavy atom. The zero-order valence-electron chi connectivity index (χ0n) is 12.9. The van der Waals surface area contributed by atoms with Crippen LogP contribution in [0.3, 0.4) is 0 Å². The lowest BCUT2D eigenvalue weighted by Crippen LogP contribution is -2.32. The lowest BCUT2D eigenvalue weighted by Gasteiger charge is -2.21. The van der Waals surface area contributed by atoms with Gasteiger partial charge in [-0.3, -0.25) is 9.69 Å². The third kappa shape index (κ3) is 3.77. The number of methoxy groups -OCH3 is 1. The van der Waals surface area contributed by atoms with Gasteiger partial charge in [-0.25, -0.2) is 0 Å². The second-order valence-electron chi connectivity index (χ2n) is 5.83. The molecule has 0 N–H and O–H groups in total. The van der Waals surface area contributed by atoms with Crippen LogP contribution in [0.2, 0.25) is 0 Å². The summed E-state index contributed by atoms with van der Waals surface area (Å²) in [4.78, 5) is 13.8. The molecule has 1 heterocycles. The first-order valence-corrected chi connectivity index (χ1v) is 7.75. The van der Waals surface area contributed by atoms with Crippen LogP contribution in [0, 0.1) is 0 Å². The Morgan fingerprint density at radius 1 is 1.23 bits per heavy atom. The SMILES string of the molecule is COC(=O)CN(Cc1cccn1Cc1ccccc1)C1CC1. The molecule has 1 aliphatic carbocycles. The molecular formula is C18H22N2O2. The van der Waals surface area contributed by atoms with Gasteiger partial charge in [-0.2, -0.15) is 0 Å². The molecule has 0 saturated heterocycles. The van der Waals surface area contributed by atoms with Crippen LogP contribution >= 0.6 is 0 Å². The molecule has 1 fully saturated rings. The molecule has 0 amide bonds. The van der Waals surface area contributed by atoms with Gasteiger partial charge in [0.1, 0.15) is 0 Å². The van der Waals surface area contributed by atoms with E-state index in [1.165, 1.54) is 31.2 Å². The number of hydrogen-bond donors (Lipinski definition) is 0. The third-order valence-electron chi connectivity index (χ3n) is 4.11. The summed E-state index contributed by atoms with van der Waals surface area (Å²) in [5.41, 5.74) is 2.52. The minimum Gasteiger partial charge on any atom is -0.468 e. The molecule has 0 atom stereocenters. The van der Waals surface area contributed by atoms with Gasteiger partial charge in [-0.15, -0.1) is 0 Å². The first kappa shape index (κ1) is 14.9. The van der Waals surface area contributed by atoms with E-state index in [1.54, 1.807) is 0 Å². The Labute approximate surface area is 131 Å². The van der Waals surface area contributed by atoms with Gasteiger partial charge in [0, 0.05) is 31.0 Å². The smallest absolute Gasteiger partial charge is 0.319 e. The van der Waals surface area contributed by atoms with Gasteiger partial charge in [0.15, 0.2) is 0 Å². The van der Waals surface area contributed by atoms with Crippen molar-refractivity contribution in [3.05, 3.63) is 59.9 Å². The van der Waals surface area contributed by atoms with E-state index in [0.717, 1.165) is 13.1 Å². The lowest BCUT2D eigenvalue weighted by molar-refractivity contribution is -0.142. The van der Waals surface area contributed by atoms with Crippen molar-refractivity contribution in [3.63, 3.8) is 0 Å². The minimum absolute atomic E-state index is 0.159. The van der Waals surface area contributed by atoms with Crippen molar-refractivity contribution in [2.45, 2.75) is 32.0 Å². The Kier molecular flexibility index (Phi) is 4.59. The van der Waals surface area contributed by atoms with E-state index in [2.05, 4.69) is 52.1 Å². The molecule has 4 heteroatoms. The fourth-order valence-electron chi connectivity index (χ4n) is 2.72. The molecule has 1 aromatic heterocycles. The monoisotopic (exact) mass is 298 g/mol. The predicted molar refractivity (Wildman–Crippen MR) is 85.4 cm³/mol. The van der Waals surface area contributed by atoms with Crippen molar-refractivity contribution in [1.82, 2.24) is 9.47 Å². The molecule has 4 nitrogen and oxygen atoms in total. The number of carbonyl (C=O) groups is 1. The molecule has 0 unspecified atom stereocenters. The standard InChI is InChI=1S/C18H22N2O2/c1-22-18(21)14-20(16-9-10-16)13-17-8-5-11-19(17)12-15-6-3-2-4-7-15/h2-8,11,16H,9-10,12-14H2,1H3. The van der Waals surface area contributed by atoms with Crippen molar-refractivity contribution >= 4 is 5.97 Å². The van der Waals surface area contributed by atoms with Crippen molar-refractivity contribution in [1.29, 1.82) is 0 Å². The van der Waals surface area contributed by atoms with Crippen molar-refractivity contribution in [2.75, 3.05) is 13.7 Å². The molecule has 0 radical (unpaired) electrons. The first-order valence-electron chi connectivity index (χ1n) is 7.75. The van der Waals surface area contributed by atoms with E-state index >= 15 is 0 Å². The Morgan fingerprint density at radius 3 is 2.68 bits per heavy atom. The highest BCUT2D eigenvalue weighted by atomic mass is 16.5. The number of ether oxygens (including phenoxy) is 1. The third-order valence-corrected chi connectivity index (χ3v) is 4.11. The summed E-state index contributed by atoms with van der Waals surface area (Å²) < 4.78 is 7.07. The van der Waals surface area contributed by atoms with Gasteiger partial charge >= 0.3 is 5.97 Å². The summed E-state index contributed by atoms with van der Waals surface area (Å²) >= 11 is 0. The minimum atomic E-state index is -0.159. The van der Waals surface area contributed by atoms with Crippen LogP contribution in [0.15, 0.2) is 48.7 Å². The van der Waals surface area contributed by atoms with E-state index in [4.69, 9.17) is 4.74 Å². The summed E-state index contributed by atoms with van der Waals surface area (Å²) in [7, 11) is 1.45. The van der Waals surface area contributed by atoms with E-state index in [9.17, 15) is 4.79 Å². The number of nitrogens with zero attached hydrogens (tertiary/aromatic N) is 2. The summed E-state index contributed by atoms with van der Waals surface area (Å²) in [6, 6.07) is 15.2. The highest BCUT2D eigenvalue weighted by molar-refractivity contribution is 5.71. The normalized spacial score (nSPS) is 14.3. The molecule has 22 heavy (non-hydrogen) atoms. The maximum absolute atomic E-state index is 11.6. The molecular weight excluding hydrogens is 276 g/mol. The average Bonchev–Trinajstić information content (AvgIpc) is 3.30. The molecule has 116 valence electrons. The van der Waals surface area contributed by atoms with Crippen molar-refractivity contribution < 1.29 is 9.53 Å². The second kappa shape index (κ2) is 6.79. The largest absolute Gasteiger partial charge is 0.468 e. The topological polar surface area (TPSA) is 34.5 Å². The Balaban J connectivity index is 1.69. The molecule has 1 aromatic carbocycles. The number of esters is 1. The molecule has 2 aromatic rings. The molecule has 1 saturated carbocycles. The number of aromatic nitrogens is 1. The van der Waals surface area contributed by atoms with Gasteiger partial charge in [-0.1, -0.05) is 30.3 Å². The first-order chi connectivity index (χ1) is 10.8. The van der Waals surface area contributed by atoms with Gasteiger partial charge in [0.25, 0.3) is 0 Å². The summed E-state index contributed by atoms with van der Waals surface area (Å²) in [5, 5.41) is 0. The zero-order chi connectivity index (χ0) is 15.4. The maximum atomic E-state index is 11.6. The van der Waals surface area contributed by atoms with Crippen LogP contribution in [0.4, 0.5) is 0 Å². The van der Waals surface area contributed by atoms with Gasteiger partial charge < -0.3 is 9.30 Å². The van der Waals surface area contributed by atoms with Crippen LogP contribution < -0.4 is 0 Å². The van der Waals surface area contributed by atoms with Crippen LogP contribution in [0.25, 0.3) is 0 Å². The molecule has 1 aliphatic rings. The van der Waals surface area contributed by atoms with Crippen molar-refractivity contribution in [2.24, 2.45) is 0 Å². The number of carbonyl (C=O) groups excluding carboxylic acids is 1. The predicted octanol–water partition coefficient (Wildman–Crippen LogP) is 2.67. The van der Waals surface area contributed by atoms with Crippen LogP contribution in [0.1, 0.15) is 24.1 Å². The zero-order valence-corrected chi connectivity index (χ0v) is 12.9. The summed E-state index contributed by atoms with van der Waals surface area (Å²) in [5.74, 6) is -0.159. The fraction of sp³-hybridized carbons (Fsp3) is 0.389. The van der Waals surface area contributed by atoms with Crippen LogP contribution in [0.5, 0.6) is 0 Å². The second-order valence-corrected chi connectivity index (χ2v) is 5.83. The number of rotatable bonds is 7. The average molecular weight is 298 g/mol. The summed E-state index contributed by atoms with van der Waals surface area (Å²) in [6.07, 6.45) is 4.46. The van der Waals surface area contributed by atoms with E-state index in [0.29, 0.717) is 12.6 Å². The molecule has 0 aliphatic heterocycles. The van der Waals surface area contributed by atoms with Gasteiger partial charge in [0.2, 0.25) is 0 Å². The highest BCUT2D eigenvalue weighted by Crippen LogP contribution is 2.28. The Bertz CT molecular complexity index is 617. The Hall–Kier alpha value is -2.07. The van der Waals surface area contributed by atoms with Gasteiger partial charge in [0.05, 0.1) is 13.7 Å². The van der Waals surface area contributed by atoms with E-state index < -0.39 is 0 Å². The van der Waals surface area contributed by atoms with Gasteiger partial charge in [-0.05, 0) is 30.5 Å². The fourth-order valence-corrected chi connectivity index (χ4v) is 2.72. The van der Waals surface area contributed by atoms with E-state index in [-0.39, 0.29) is 5.97 Å². The summed E-state index contributed by atoms with van der Waals surface area (Å²) in [6.45, 7) is 2.02. The number of benzene rings is 1. The van der Waals surface area contributed by atoms with E-state index in [1.807, 2.05) is 6.07 Å². The van der Waals surface area contributed by atoms with Crippen LogP contribution in [-0.4, -0.2) is 35.1 Å². The molecule has 3 rings (SSSR count). The highest BCUT2D eigenvalue weighted by Gasteiger charge is 2.31. The quantitative estimate of drug-likeness (QED) is 0.737.